The molecule has 1 aromatic heterocycles. The summed E-state index contributed by atoms with van der Waals surface area (Å²) in [7, 11) is 1.60. The summed E-state index contributed by atoms with van der Waals surface area (Å²) in [5, 5.41) is 18.2. The minimum Gasteiger partial charge on any atom is -0.497 e. The van der Waals surface area contributed by atoms with Crippen LogP contribution in [0.1, 0.15) is 28.1 Å². The summed E-state index contributed by atoms with van der Waals surface area (Å²) in [6, 6.07) is 13.7. The number of carbonyl (C=O) groups is 3. The van der Waals surface area contributed by atoms with Crippen LogP contribution in [0.2, 0.25) is 0 Å². The quantitative estimate of drug-likeness (QED) is 0.136. The molecule has 0 aliphatic carbocycles. The molecular formula is C26H26F3N5O6S. The van der Waals surface area contributed by atoms with Crippen molar-refractivity contribution in [2.24, 2.45) is 11.7 Å². The summed E-state index contributed by atoms with van der Waals surface area (Å²) in [4.78, 5) is 40.9. The Balaban J connectivity index is 0.000000587. The number of carbonyl (C=O) groups excluding carboxylic acids is 2. The molecule has 1 aliphatic heterocycles. The van der Waals surface area contributed by atoms with Gasteiger partial charge in [-0.25, -0.2) is 14.6 Å². The number of carboxylic acids is 1. The van der Waals surface area contributed by atoms with Crippen LogP contribution in [0.4, 0.5) is 24.0 Å². The van der Waals surface area contributed by atoms with Crippen molar-refractivity contribution >= 4 is 45.8 Å². The summed E-state index contributed by atoms with van der Waals surface area (Å²) in [6.45, 7) is 1.35. The number of alkyl halides is 3. The Hall–Kier alpha value is -4.66. The number of aromatic nitrogens is 1. The molecule has 218 valence electrons. The van der Waals surface area contributed by atoms with Gasteiger partial charge in [0.2, 0.25) is 5.91 Å². The number of ether oxygens (including phenoxy) is 2. The zero-order valence-corrected chi connectivity index (χ0v) is 22.4. The molecule has 0 atom stereocenters. The van der Waals surface area contributed by atoms with Gasteiger partial charge in [0.15, 0.2) is 5.13 Å². The van der Waals surface area contributed by atoms with Crippen LogP contribution in [0.3, 0.4) is 0 Å². The van der Waals surface area contributed by atoms with E-state index >= 15 is 0 Å². The highest BCUT2D eigenvalue weighted by Gasteiger charge is 2.38. The minimum atomic E-state index is -5.08. The van der Waals surface area contributed by atoms with Crippen LogP contribution in [-0.4, -0.2) is 60.1 Å². The van der Waals surface area contributed by atoms with Crippen LogP contribution < -0.4 is 25.4 Å². The Morgan fingerprint density at radius 2 is 1.63 bits per heavy atom. The van der Waals surface area contributed by atoms with Gasteiger partial charge in [0.25, 0.3) is 0 Å². The molecule has 2 aromatic carbocycles. The fourth-order valence-corrected chi connectivity index (χ4v) is 4.46. The first kappa shape index (κ1) is 30.9. The van der Waals surface area contributed by atoms with E-state index < -0.39 is 18.1 Å². The topological polar surface area (TPSA) is 168 Å². The monoisotopic (exact) mass is 593 g/mol. The summed E-state index contributed by atoms with van der Waals surface area (Å²) in [5.41, 5.74) is 6.74. The Morgan fingerprint density at radius 3 is 2.15 bits per heavy atom. The third-order valence-corrected chi connectivity index (χ3v) is 6.85. The van der Waals surface area contributed by atoms with Crippen molar-refractivity contribution < 1.29 is 42.1 Å². The van der Waals surface area contributed by atoms with Gasteiger partial charge in [0, 0.05) is 30.3 Å². The second-order valence-corrected chi connectivity index (χ2v) is 9.63. The number of piperidine rings is 1. The van der Waals surface area contributed by atoms with E-state index in [1.54, 1.807) is 31.4 Å². The Labute approximate surface area is 236 Å². The number of nitrogens with two attached hydrogens (primary N) is 1. The van der Waals surface area contributed by atoms with Gasteiger partial charge in [0.05, 0.1) is 13.3 Å². The number of carboxylic acid groups (broad SMARTS) is 1. The van der Waals surface area contributed by atoms with E-state index in [2.05, 4.69) is 15.2 Å². The number of hydrogen-bond donors (Lipinski definition) is 4. The lowest BCUT2D eigenvalue weighted by molar-refractivity contribution is -0.192. The number of nitrogens with zero attached hydrogens (tertiary/aromatic N) is 2. The zero-order chi connectivity index (χ0) is 30.2. The molecule has 2 heterocycles. The van der Waals surface area contributed by atoms with Crippen molar-refractivity contribution in [3.8, 4) is 11.5 Å². The Kier molecular flexibility index (Phi) is 10.2. The summed E-state index contributed by atoms with van der Waals surface area (Å²) in [5.74, 6) is -2.27. The van der Waals surface area contributed by atoms with E-state index in [-0.39, 0.29) is 17.7 Å². The van der Waals surface area contributed by atoms with Crippen molar-refractivity contribution in [3.63, 3.8) is 0 Å². The van der Waals surface area contributed by atoms with Crippen LogP contribution in [0.15, 0.2) is 54.7 Å². The average Bonchev–Trinajstić information content (AvgIpc) is 3.44. The van der Waals surface area contributed by atoms with Gasteiger partial charge < -0.3 is 30.5 Å². The number of methoxy groups -OCH3 is 1. The minimum absolute atomic E-state index is 0.00372. The Morgan fingerprint density at radius 1 is 1.07 bits per heavy atom. The first-order valence-corrected chi connectivity index (χ1v) is 12.8. The molecule has 0 bridgehead atoms. The lowest BCUT2D eigenvalue weighted by atomic mass is 9.96. The molecule has 1 fully saturated rings. The molecule has 4 rings (SSSR count). The molecule has 0 unspecified atom stereocenters. The van der Waals surface area contributed by atoms with E-state index in [9.17, 15) is 22.8 Å². The first-order chi connectivity index (χ1) is 19.4. The van der Waals surface area contributed by atoms with Crippen molar-refractivity contribution in [1.82, 2.24) is 4.98 Å². The van der Waals surface area contributed by atoms with E-state index in [0.29, 0.717) is 42.1 Å². The second-order valence-electron chi connectivity index (χ2n) is 8.62. The van der Waals surface area contributed by atoms with Crippen LogP contribution >= 0.6 is 11.3 Å². The number of esters is 1. The van der Waals surface area contributed by atoms with E-state index in [1.807, 2.05) is 24.3 Å². The molecule has 41 heavy (non-hydrogen) atoms. The van der Waals surface area contributed by atoms with Gasteiger partial charge in [0.1, 0.15) is 22.2 Å². The highest BCUT2D eigenvalue weighted by atomic mass is 32.1. The molecule has 0 radical (unpaired) electrons. The van der Waals surface area contributed by atoms with Gasteiger partial charge >= 0.3 is 18.1 Å². The third-order valence-electron chi connectivity index (χ3n) is 5.81. The number of halogens is 3. The molecule has 15 heteroatoms. The number of nitrogens with one attached hydrogen (secondary N) is 2. The standard InChI is InChI=1S/C24H25N5O4S.C2HF3O2/c1-32-18-8-4-17(5-9-18)28-22(30)16-10-12-29(13-11-16)24-27-14-20(34-24)23(31)33-19-6-2-15(3-7-19)21(25)26;3-2(4,5)1(6)7/h2-9,14,16H,10-13H2,1H3,(H3,25,26)(H,28,30);(H,6,7). The fraction of sp³-hybridized carbons (Fsp3) is 0.269. The van der Waals surface area contributed by atoms with Crippen molar-refractivity contribution in [3.05, 3.63) is 65.2 Å². The highest BCUT2D eigenvalue weighted by molar-refractivity contribution is 7.17. The summed E-state index contributed by atoms with van der Waals surface area (Å²) >= 11 is 1.26. The maximum atomic E-state index is 12.6. The Bertz CT molecular complexity index is 1370. The van der Waals surface area contributed by atoms with E-state index in [0.717, 1.165) is 16.6 Å². The maximum Gasteiger partial charge on any atom is 0.490 e. The van der Waals surface area contributed by atoms with Gasteiger partial charge in [-0.3, -0.25) is 10.2 Å². The molecular weight excluding hydrogens is 567 g/mol. The van der Waals surface area contributed by atoms with Crippen LogP contribution in [0.25, 0.3) is 0 Å². The molecule has 0 spiro atoms. The number of anilines is 2. The average molecular weight is 594 g/mol. The zero-order valence-electron chi connectivity index (χ0n) is 21.6. The predicted octanol–water partition coefficient (Wildman–Crippen LogP) is 4.14. The molecule has 1 amide bonds. The van der Waals surface area contributed by atoms with Crippen molar-refractivity contribution in [1.29, 1.82) is 5.41 Å². The number of amidine groups is 1. The van der Waals surface area contributed by atoms with Crippen molar-refractivity contribution in [2.45, 2.75) is 19.0 Å². The van der Waals surface area contributed by atoms with E-state index in [1.165, 1.54) is 17.5 Å². The largest absolute Gasteiger partial charge is 0.497 e. The summed E-state index contributed by atoms with van der Waals surface area (Å²) < 4.78 is 42.3. The number of benzene rings is 2. The number of thiazole rings is 1. The smallest absolute Gasteiger partial charge is 0.490 e. The molecule has 1 aliphatic rings. The predicted molar refractivity (Wildman–Crippen MR) is 145 cm³/mol. The van der Waals surface area contributed by atoms with Gasteiger partial charge in [-0.05, 0) is 61.4 Å². The SMILES string of the molecule is COc1ccc(NC(=O)C2CCN(c3ncc(C(=O)Oc4ccc(C(=N)N)cc4)s3)CC2)cc1.O=C(O)C(F)(F)F. The normalized spacial score (nSPS) is 13.4. The lowest BCUT2D eigenvalue weighted by Crippen LogP contribution is -2.38. The van der Waals surface area contributed by atoms with Crippen LogP contribution in [0.5, 0.6) is 11.5 Å². The van der Waals surface area contributed by atoms with Gasteiger partial charge in [-0.1, -0.05) is 11.3 Å². The highest BCUT2D eigenvalue weighted by Crippen LogP contribution is 2.29. The third kappa shape index (κ3) is 8.93. The maximum absolute atomic E-state index is 12.6. The second kappa shape index (κ2) is 13.6. The molecule has 11 nitrogen and oxygen atoms in total. The number of aliphatic carboxylic acids is 1. The number of rotatable bonds is 7. The molecule has 3 aromatic rings. The van der Waals surface area contributed by atoms with Crippen LogP contribution in [0, 0.1) is 11.3 Å². The summed E-state index contributed by atoms with van der Waals surface area (Å²) in [6.07, 6.45) is -2.18. The van der Waals surface area contributed by atoms with Crippen LogP contribution in [-0.2, 0) is 9.59 Å². The lowest BCUT2D eigenvalue weighted by Gasteiger charge is -2.31. The van der Waals surface area contributed by atoms with Crippen molar-refractivity contribution in [2.75, 3.05) is 30.4 Å². The van der Waals surface area contributed by atoms with Gasteiger partial charge in [-0.15, -0.1) is 0 Å². The number of amides is 1. The van der Waals surface area contributed by atoms with E-state index in [4.69, 9.17) is 30.5 Å². The van der Waals surface area contributed by atoms with Gasteiger partial charge in [-0.2, -0.15) is 13.2 Å². The molecule has 1 saturated heterocycles. The molecule has 5 N–H and O–H groups in total. The molecule has 0 saturated carbocycles. The fourth-order valence-electron chi connectivity index (χ4n) is 3.62. The number of hydrogen-bond acceptors (Lipinski definition) is 9. The number of nitrogen functional groups attached to an aromatic ring is 1. The first-order valence-electron chi connectivity index (χ1n) is 12.0.